The summed E-state index contributed by atoms with van der Waals surface area (Å²) < 4.78 is 5.38. The van der Waals surface area contributed by atoms with Crippen LogP contribution in [0.25, 0.3) is 5.69 Å². The quantitative estimate of drug-likeness (QED) is 0.671. The maximum atomic E-state index is 12.7. The molecule has 0 spiro atoms. The summed E-state index contributed by atoms with van der Waals surface area (Å²) in [5.74, 6) is 0.600. The van der Waals surface area contributed by atoms with Crippen LogP contribution >= 0.6 is 0 Å². The Kier molecular flexibility index (Phi) is 5.86. The number of ether oxygens (including phenoxy) is 1. The van der Waals surface area contributed by atoms with Crippen LogP contribution in [0.2, 0.25) is 0 Å². The molecule has 0 radical (unpaired) electrons. The minimum absolute atomic E-state index is 0.0979. The standard InChI is InChI=1S/C22H25N5O2/c1-29-19-11-7-8-17(14-19)21(26-12-5-6-13-26)16-23-22(28)20-15-24-27(25-20)18-9-3-2-4-10-18/h2-4,7-11,14-15,21H,5-6,12-13,16H2,1H3,(H,23,28). The number of hydrogen-bond donors (Lipinski definition) is 1. The Morgan fingerprint density at radius 1 is 1.14 bits per heavy atom. The molecule has 1 saturated heterocycles. The Morgan fingerprint density at radius 3 is 2.69 bits per heavy atom. The molecule has 1 aliphatic rings. The van der Waals surface area contributed by atoms with Gasteiger partial charge in [-0.1, -0.05) is 30.3 Å². The smallest absolute Gasteiger partial charge is 0.273 e. The van der Waals surface area contributed by atoms with E-state index in [1.165, 1.54) is 23.8 Å². The molecule has 1 atom stereocenters. The van der Waals surface area contributed by atoms with Crippen LogP contribution in [0.4, 0.5) is 0 Å². The van der Waals surface area contributed by atoms with Crippen LogP contribution in [-0.4, -0.2) is 52.5 Å². The van der Waals surface area contributed by atoms with Gasteiger partial charge in [-0.05, 0) is 55.8 Å². The van der Waals surface area contributed by atoms with Crippen LogP contribution in [0.3, 0.4) is 0 Å². The summed E-state index contributed by atoms with van der Waals surface area (Å²) in [5.41, 5.74) is 2.26. The maximum absolute atomic E-state index is 12.7. The number of carbonyl (C=O) groups excluding carboxylic acids is 1. The van der Waals surface area contributed by atoms with Crippen LogP contribution in [0, 0.1) is 0 Å². The number of hydrogen-bond acceptors (Lipinski definition) is 5. The van der Waals surface area contributed by atoms with Gasteiger partial charge in [-0.15, -0.1) is 5.10 Å². The fraction of sp³-hybridized carbons (Fsp3) is 0.318. The normalized spacial score (nSPS) is 15.2. The molecule has 1 amide bonds. The van der Waals surface area contributed by atoms with E-state index >= 15 is 0 Å². The molecular weight excluding hydrogens is 366 g/mol. The molecule has 0 aliphatic carbocycles. The number of amides is 1. The van der Waals surface area contributed by atoms with Gasteiger partial charge in [-0.3, -0.25) is 9.69 Å². The fourth-order valence-corrected chi connectivity index (χ4v) is 3.69. The number of rotatable bonds is 7. The van der Waals surface area contributed by atoms with Crippen molar-refractivity contribution >= 4 is 5.91 Å². The average Bonchev–Trinajstić information content (AvgIpc) is 3.47. The van der Waals surface area contributed by atoms with E-state index in [1.807, 2.05) is 48.5 Å². The maximum Gasteiger partial charge on any atom is 0.273 e. The molecular formula is C22H25N5O2. The summed E-state index contributed by atoms with van der Waals surface area (Å²) >= 11 is 0. The van der Waals surface area contributed by atoms with Crippen LogP contribution in [0.1, 0.15) is 34.9 Å². The summed E-state index contributed by atoms with van der Waals surface area (Å²) in [5, 5.41) is 11.6. The van der Waals surface area contributed by atoms with Gasteiger partial charge in [0.2, 0.25) is 0 Å². The van der Waals surface area contributed by atoms with Crippen molar-refractivity contribution in [1.82, 2.24) is 25.2 Å². The van der Waals surface area contributed by atoms with Gasteiger partial charge in [-0.2, -0.15) is 9.90 Å². The molecule has 2 aromatic carbocycles. The second-order valence-corrected chi connectivity index (χ2v) is 7.10. The summed E-state index contributed by atoms with van der Waals surface area (Å²) in [7, 11) is 1.67. The van der Waals surface area contributed by atoms with Crippen molar-refractivity contribution < 1.29 is 9.53 Å². The number of likely N-dealkylation sites (tertiary alicyclic amines) is 1. The van der Waals surface area contributed by atoms with Crippen molar-refractivity contribution in [2.45, 2.75) is 18.9 Å². The van der Waals surface area contributed by atoms with Crippen LogP contribution in [-0.2, 0) is 0 Å². The summed E-state index contributed by atoms with van der Waals surface area (Å²) in [4.78, 5) is 16.6. The van der Waals surface area contributed by atoms with Crippen molar-refractivity contribution in [2.75, 3.05) is 26.7 Å². The molecule has 3 aromatic rings. The topological polar surface area (TPSA) is 72.3 Å². The first-order valence-corrected chi connectivity index (χ1v) is 9.88. The number of benzene rings is 2. The van der Waals surface area contributed by atoms with Crippen LogP contribution in [0.15, 0.2) is 60.8 Å². The molecule has 0 saturated carbocycles. The zero-order valence-corrected chi connectivity index (χ0v) is 16.5. The van der Waals surface area contributed by atoms with Crippen molar-refractivity contribution in [1.29, 1.82) is 0 Å². The molecule has 7 heteroatoms. The summed E-state index contributed by atoms with van der Waals surface area (Å²) in [6.45, 7) is 2.56. The lowest BCUT2D eigenvalue weighted by Crippen LogP contribution is -2.37. The lowest BCUT2D eigenvalue weighted by Gasteiger charge is -2.28. The van der Waals surface area contributed by atoms with E-state index in [-0.39, 0.29) is 11.9 Å². The Balaban J connectivity index is 1.47. The molecule has 1 aliphatic heterocycles. The molecule has 29 heavy (non-hydrogen) atoms. The van der Waals surface area contributed by atoms with Gasteiger partial charge >= 0.3 is 0 Å². The third-order valence-electron chi connectivity index (χ3n) is 5.23. The molecule has 1 N–H and O–H groups in total. The van der Waals surface area contributed by atoms with Crippen molar-refractivity contribution in [2.24, 2.45) is 0 Å². The third-order valence-corrected chi connectivity index (χ3v) is 5.23. The molecule has 0 bridgehead atoms. The van der Waals surface area contributed by atoms with E-state index in [4.69, 9.17) is 4.74 Å². The van der Waals surface area contributed by atoms with Gasteiger partial charge in [0.05, 0.1) is 25.0 Å². The largest absolute Gasteiger partial charge is 0.497 e. The minimum Gasteiger partial charge on any atom is -0.497 e. The van der Waals surface area contributed by atoms with Crippen LogP contribution in [0.5, 0.6) is 5.75 Å². The van der Waals surface area contributed by atoms with E-state index in [2.05, 4.69) is 26.5 Å². The van der Waals surface area contributed by atoms with E-state index in [9.17, 15) is 4.79 Å². The highest BCUT2D eigenvalue weighted by Crippen LogP contribution is 2.27. The highest BCUT2D eigenvalue weighted by molar-refractivity contribution is 5.91. The highest BCUT2D eigenvalue weighted by atomic mass is 16.5. The molecule has 150 valence electrons. The Labute approximate surface area is 170 Å². The fourth-order valence-electron chi connectivity index (χ4n) is 3.69. The zero-order chi connectivity index (χ0) is 20.1. The molecule has 1 fully saturated rings. The molecule has 1 unspecified atom stereocenters. The Hall–Kier alpha value is -3.19. The summed E-state index contributed by atoms with van der Waals surface area (Å²) in [6, 6.07) is 17.7. The van der Waals surface area contributed by atoms with Gasteiger partial charge in [0.1, 0.15) is 5.75 Å². The number of methoxy groups -OCH3 is 1. The zero-order valence-electron chi connectivity index (χ0n) is 16.5. The number of nitrogens with one attached hydrogen (secondary N) is 1. The van der Waals surface area contributed by atoms with Crippen molar-refractivity contribution in [3.63, 3.8) is 0 Å². The Morgan fingerprint density at radius 2 is 1.93 bits per heavy atom. The highest BCUT2D eigenvalue weighted by Gasteiger charge is 2.25. The first-order chi connectivity index (χ1) is 14.2. The number of para-hydroxylation sites is 1. The van der Waals surface area contributed by atoms with Gasteiger partial charge in [0, 0.05) is 6.54 Å². The van der Waals surface area contributed by atoms with Gasteiger partial charge in [0.15, 0.2) is 5.69 Å². The molecule has 2 heterocycles. The molecule has 4 rings (SSSR count). The first kappa shape index (κ1) is 19.1. The van der Waals surface area contributed by atoms with E-state index < -0.39 is 0 Å². The monoisotopic (exact) mass is 391 g/mol. The summed E-state index contributed by atoms with van der Waals surface area (Å²) in [6.07, 6.45) is 3.86. The molecule has 1 aromatic heterocycles. The lowest BCUT2D eigenvalue weighted by molar-refractivity contribution is 0.0932. The molecule has 7 nitrogen and oxygen atoms in total. The average molecular weight is 391 g/mol. The van der Waals surface area contributed by atoms with Crippen molar-refractivity contribution in [3.05, 3.63) is 72.1 Å². The third kappa shape index (κ3) is 4.46. The van der Waals surface area contributed by atoms with Gasteiger partial charge in [0.25, 0.3) is 5.91 Å². The predicted molar refractivity (Wildman–Crippen MR) is 110 cm³/mol. The van der Waals surface area contributed by atoms with Crippen LogP contribution < -0.4 is 10.1 Å². The van der Waals surface area contributed by atoms with Crippen molar-refractivity contribution in [3.8, 4) is 11.4 Å². The predicted octanol–water partition coefficient (Wildman–Crippen LogP) is 2.84. The second-order valence-electron chi connectivity index (χ2n) is 7.10. The SMILES string of the molecule is COc1cccc(C(CNC(=O)c2cnn(-c3ccccc3)n2)N2CCCC2)c1. The van der Waals surface area contributed by atoms with E-state index in [0.717, 1.165) is 30.1 Å². The van der Waals surface area contributed by atoms with Gasteiger partial charge in [-0.25, -0.2) is 0 Å². The van der Waals surface area contributed by atoms with E-state index in [0.29, 0.717) is 12.2 Å². The first-order valence-electron chi connectivity index (χ1n) is 9.88. The number of nitrogens with zero attached hydrogens (tertiary/aromatic N) is 4. The lowest BCUT2D eigenvalue weighted by atomic mass is 10.0. The Bertz CT molecular complexity index is 951. The number of aromatic nitrogens is 3. The van der Waals surface area contributed by atoms with E-state index in [1.54, 1.807) is 7.11 Å². The second kappa shape index (κ2) is 8.87. The minimum atomic E-state index is -0.223. The number of carbonyl (C=O) groups is 1. The van der Waals surface area contributed by atoms with Gasteiger partial charge < -0.3 is 10.1 Å².